The molecule has 1 atom stereocenters. The molecule has 1 saturated heterocycles. The number of allylic oxidation sites excluding steroid dienone is 2. The third-order valence-corrected chi connectivity index (χ3v) is 7.98. The molecule has 1 aliphatic heterocycles. The van der Waals surface area contributed by atoms with E-state index in [4.69, 9.17) is 0 Å². The fourth-order valence-electron chi connectivity index (χ4n) is 4.26. The van der Waals surface area contributed by atoms with Gasteiger partial charge in [0.1, 0.15) is 0 Å². The van der Waals surface area contributed by atoms with E-state index in [0.717, 1.165) is 46.8 Å². The fraction of sp³-hybridized carbons (Fsp3) is 0.500. The Morgan fingerprint density at radius 1 is 1.10 bits per heavy atom. The molecule has 1 amide bonds. The Morgan fingerprint density at radius 3 is 2.36 bits per heavy atom. The molecule has 0 spiro atoms. The molecular formula is C34H51N3OS. The molecule has 1 unspecified atom stereocenters. The number of unbranched alkanes of at least 4 members (excludes halogenated alkanes) is 3. The van der Waals surface area contributed by atoms with Gasteiger partial charge >= 0.3 is 0 Å². The number of benzene rings is 2. The van der Waals surface area contributed by atoms with Crippen molar-refractivity contribution in [2.24, 2.45) is 5.92 Å². The van der Waals surface area contributed by atoms with Crippen LogP contribution in [0.2, 0.25) is 0 Å². The molecule has 1 heterocycles. The summed E-state index contributed by atoms with van der Waals surface area (Å²) in [5, 5.41) is 9.91. The van der Waals surface area contributed by atoms with Crippen molar-refractivity contribution in [3.63, 3.8) is 0 Å². The largest absolute Gasteiger partial charge is 0.380 e. The average molecular weight is 550 g/mol. The molecule has 3 rings (SSSR count). The van der Waals surface area contributed by atoms with Gasteiger partial charge < -0.3 is 16.0 Å². The monoisotopic (exact) mass is 549 g/mol. The van der Waals surface area contributed by atoms with Crippen molar-refractivity contribution in [2.45, 2.75) is 92.7 Å². The number of thioether (sulfide) groups is 1. The van der Waals surface area contributed by atoms with Crippen LogP contribution in [-0.2, 0) is 0 Å². The van der Waals surface area contributed by atoms with Crippen LogP contribution in [0.25, 0.3) is 4.91 Å². The van der Waals surface area contributed by atoms with E-state index < -0.39 is 0 Å². The molecule has 214 valence electrons. The van der Waals surface area contributed by atoms with Crippen molar-refractivity contribution in [1.29, 1.82) is 0 Å². The Bertz CT molecular complexity index is 1080. The second kappa shape index (κ2) is 17.2. The third-order valence-electron chi connectivity index (χ3n) is 6.83. The number of carbonyl (C=O) groups excluding carboxylic acids is 1. The zero-order valence-corrected chi connectivity index (χ0v) is 26.1. The van der Waals surface area contributed by atoms with Crippen molar-refractivity contribution in [1.82, 2.24) is 10.6 Å². The van der Waals surface area contributed by atoms with Gasteiger partial charge in [0.25, 0.3) is 5.91 Å². The van der Waals surface area contributed by atoms with Crippen molar-refractivity contribution in [3.8, 4) is 0 Å². The summed E-state index contributed by atoms with van der Waals surface area (Å²) < 4.78 is 0. The Hall–Kier alpha value is -2.50. The summed E-state index contributed by atoms with van der Waals surface area (Å²) in [4.78, 5) is 15.5. The molecule has 0 saturated carbocycles. The summed E-state index contributed by atoms with van der Waals surface area (Å²) in [5.41, 5.74) is 4.83. The van der Waals surface area contributed by atoms with Gasteiger partial charge in [-0.3, -0.25) is 4.79 Å². The van der Waals surface area contributed by atoms with E-state index in [0.29, 0.717) is 17.5 Å². The lowest BCUT2D eigenvalue weighted by Gasteiger charge is -2.29. The first-order valence-electron chi connectivity index (χ1n) is 14.7. The molecule has 2 aromatic carbocycles. The van der Waals surface area contributed by atoms with Gasteiger partial charge in [0.15, 0.2) is 0 Å². The van der Waals surface area contributed by atoms with Crippen molar-refractivity contribution in [3.05, 3.63) is 82.3 Å². The second-order valence-electron chi connectivity index (χ2n) is 10.9. The van der Waals surface area contributed by atoms with Gasteiger partial charge in [0.2, 0.25) is 0 Å². The normalized spacial score (nSPS) is 14.2. The summed E-state index contributed by atoms with van der Waals surface area (Å²) in [6, 6.07) is 14.6. The van der Waals surface area contributed by atoms with Crippen LogP contribution in [0.1, 0.15) is 107 Å². The van der Waals surface area contributed by atoms with Crippen LogP contribution in [0.4, 0.5) is 5.69 Å². The first-order valence-corrected chi connectivity index (χ1v) is 15.5. The van der Waals surface area contributed by atoms with Gasteiger partial charge in [-0.05, 0) is 72.9 Å². The molecule has 0 aromatic heterocycles. The lowest BCUT2D eigenvalue weighted by molar-refractivity contribution is 0.0939. The predicted molar refractivity (Wildman–Crippen MR) is 173 cm³/mol. The Balaban J connectivity index is 0.000000798. The minimum Gasteiger partial charge on any atom is -0.380 e. The highest BCUT2D eigenvalue weighted by Crippen LogP contribution is 2.36. The number of hydrogen-bond donors (Lipinski definition) is 3. The number of hydrogen-bond acceptors (Lipinski definition) is 4. The van der Waals surface area contributed by atoms with Crippen LogP contribution >= 0.6 is 11.8 Å². The maximum atomic E-state index is 13.1. The molecule has 0 bridgehead atoms. The lowest BCUT2D eigenvalue weighted by Crippen LogP contribution is -2.51. The molecule has 2 aromatic rings. The van der Waals surface area contributed by atoms with Gasteiger partial charge in [-0.25, -0.2) is 0 Å². The van der Waals surface area contributed by atoms with E-state index in [9.17, 15) is 4.79 Å². The van der Waals surface area contributed by atoms with E-state index in [2.05, 4.69) is 81.4 Å². The minimum atomic E-state index is -0.112. The zero-order chi connectivity index (χ0) is 28.8. The van der Waals surface area contributed by atoms with Crippen molar-refractivity contribution in [2.75, 3.05) is 18.4 Å². The molecule has 4 nitrogen and oxygen atoms in total. The van der Waals surface area contributed by atoms with E-state index in [-0.39, 0.29) is 11.9 Å². The lowest BCUT2D eigenvalue weighted by atomic mass is 10.0. The van der Waals surface area contributed by atoms with Crippen LogP contribution in [0, 0.1) is 12.8 Å². The summed E-state index contributed by atoms with van der Waals surface area (Å²) in [5.74, 6) is 0.558. The number of aryl methyl sites for hydroxylation is 1. The molecule has 0 aliphatic carbocycles. The minimum absolute atomic E-state index is 0.0536. The Labute approximate surface area is 242 Å². The topological polar surface area (TPSA) is 53.2 Å². The quantitative estimate of drug-likeness (QED) is 0.218. The summed E-state index contributed by atoms with van der Waals surface area (Å²) in [6.07, 6.45) is 8.76. The molecule has 1 fully saturated rings. The van der Waals surface area contributed by atoms with Crippen LogP contribution in [0.5, 0.6) is 0 Å². The molecule has 39 heavy (non-hydrogen) atoms. The summed E-state index contributed by atoms with van der Waals surface area (Å²) in [7, 11) is 0. The van der Waals surface area contributed by atoms with Gasteiger partial charge in [-0.2, -0.15) is 0 Å². The number of anilines is 1. The molecular weight excluding hydrogens is 498 g/mol. The fourth-order valence-corrected chi connectivity index (χ4v) is 5.36. The van der Waals surface area contributed by atoms with Gasteiger partial charge in [0, 0.05) is 29.2 Å². The van der Waals surface area contributed by atoms with Gasteiger partial charge in [-0.15, -0.1) is 0 Å². The SMILES string of the molecule is C=C(S/C(=C\C)CC(C)C)c1cccc(C(C)NC(=O)c2cc(NC3CNC3)ccc2C)c1.CCCCCC. The molecule has 0 radical (unpaired) electrons. The average Bonchev–Trinajstić information content (AvgIpc) is 2.89. The standard InChI is InChI=1S/C28H37N3OS.C6H14/c1-7-26(13-18(2)3)33-21(6)23-10-8-9-22(14-23)20(5)30-28(32)27-15-24(12-11-19(27)4)31-25-16-29-17-25;1-3-5-6-4-2/h7-12,14-15,18,20,25,29,31H,6,13,16-17H2,1-5H3,(H,30,32);3-6H2,1-2H3/b26-7-;. The Morgan fingerprint density at radius 2 is 1.79 bits per heavy atom. The van der Waals surface area contributed by atoms with Crippen molar-refractivity contribution < 1.29 is 4.79 Å². The van der Waals surface area contributed by atoms with Crippen LogP contribution in [-0.4, -0.2) is 25.0 Å². The number of carbonyl (C=O) groups is 1. The number of amides is 1. The maximum absolute atomic E-state index is 13.1. The van der Waals surface area contributed by atoms with Crippen LogP contribution in [0.15, 0.2) is 60.0 Å². The molecule has 1 aliphatic rings. The Kier molecular flexibility index (Phi) is 14.5. The van der Waals surface area contributed by atoms with E-state index in [1.54, 1.807) is 11.8 Å². The van der Waals surface area contributed by atoms with Gasteiger partial charge in [-0.1, -0.05) is 102 Å². The molecule has 5 heteroatoms. The highest BCUT2D eigenvalue weighted by Gasteiger charge is 2.18. The maximum Gasteiger partial charge on any atom is 0.252 e. The zero-order valence-electron chi connectivity index (χ0n) is 25.3. The van der Waals surface area contributed by atoms with E-state index in [1.807, 2.05) is 38.1 Å². The third kappa shape index (κ3) is 11.3. The van der Waals surface area contributed by atoms with E-state index in [1.165, 1.54) is 30.6 Å². The first-order chi connectivity index (χ1) is 18.7. The summed E-state index contributed by atoms with van der Waals surface area (Å²) >= 11 is 1.74. The van der Waals surface area contributed by atoms with Gasteiger partial charge in [0.05, 0.1) is 12.1 Å². The molecule has 3 N–H and O–H groups in total. The second-order valence-corrected chi connectivity index (χ2v) is 12.2. The highest BCUT2D eigenvalue weighted by atomic mass is 32.2. The van der Waals surface area contributed by atoms with Crippen molar-refractivity contribution >= 4 is 28.3 Å². The number of nitrogens with one attached hydrogen (secondary N) is 3. The van der Waals surface area contributed by atoms with E-state index >= 15 is 0 Å². The summed E-state index contributed by atoms with van der Waals surface area (Å²) in [6.45, 7) is 21.2. The smallest absolute Gasteiger partial charge is 0.252 e. The number of rotatable bonds is 13. The van der Waals surface area contributed by atoms with Crippen LogP contribution in [0.3, 0.4) is 0 Å². The highest BCUT2D eigenvalue weighted by molar-refractivity contribution is 8.11. The van der Waals surface area contributed by atoms with Crippen LogP contribution < -0.4 is 16.0 Å². The first kappa shape index (κ1) is 32.7. The predicted octanol–water partition coefficient (Wildman–Crippen LogP) is 9.11.